The normalized spacial score (nSPS) is 18.2. The second-order valence-electron chi connectivity index (χ2n) is 7.15. The lowest BCUT2D eigenvalue weighted by molar-refractivity contribution is 0.0116. The van der Waals surface area contributed by atoms with Crippen LogP contribution in [0.2, 0.25) is 5.02 Å². The van der Waals surface area contributed by atoms with E-state index in [2.05, 4.69) is 10.1 Å². The zero-order valence-corrected chi connectivity index (χ0v) is 14.5. The first-order chi connectivity index (χ1) is 10.8. The van der Waals surface area contributed by atoms with Gasteiger partial charge < -0.3 is 14.5 Å². The first kappa shape index (κ1) is 16.3. The van der Waals surface area contributed by atoms with E-state index in [-0.39, 0.29) is 5.41 Å². The number of piperidine rings is 1. The van der Waals surface area contributed by atoms with E-state index in [0.29, 0.717) is 42.8 Å². The average Bonchev–Trinajstić information content (AvgIpc) is 2.98. The summed E-state index contributed by atoms with van der Waals surface area (Å²) in [6.07, 6.45) is 1.16. The van der Waals surface area contributed by atoms with E-state index in [1.165, 1.54) is 0 Å². The van der Waals surface area contributed by atoms with Crippen LogP contribution in [0.5, 0.6) is 0 Å². The lowest BCUT2D eigenvalue weighted by Crippen LogP contribution is -2.43. The van der Waals surface area contributed by atoms with E-state index >= 15 is 0 Å². The largest absolute Gasteiger partial charge is 0.385 e. The molecular formula is C17H22ClN3O2. The molecule has 1 fully saturated rings. The summed E-state index contributed by atoms with van der Waals surface area (Å²) in [4.78, 5) is 6.53. The fourth-order valence-corrected chi connectivity index (χ4v) is 3.14. The first-order valence-corrected chi connectivity index (χ1v) is 8.24. The Balaban J connectivity index is 1.73. The van der Waals surface area contributed by atoms with Crippen molar-refractivity contribution in [2.75, 3.05) is 18.0 Å². The summed E-state index contributed by atoms with van der Waals surface area (Å²) in [6, 6.07) is 7.48. The molecule has 124 valence electrons. The van der Waals surface area contributed by atoms with Crippen molar-refractivity contribution in [1.29, 1.82) is 0 Å². The SMILES string of the molecule is CC(C)(C)c1nc(N2CCC(O)(c3ccccc3Cl)CC2)no1. The lowest BCUT2D eigenvalue weighted by Gasteiger charge is -2.38. The van der Waals surface area contributed by atoms with Crippen molar-refractivity contribution in [1.82, 2.24) is 10.1 Å². The summed E-state index contributed by atoms with van der Waals surface area (Å²) >= 11 is 6.24. The molecule has 5 nitrogen and oxygen atoms in total. The van der Waals surface area contributed by atoms with Gasteiger partial charge in [0.05, 0.1) is 5.60 Å². The van der Waals surface area contributed by atoms with Crippen LogP contribution >= 0.6 is 11.6 Å². The molecule has 1 N–H and O–H groups in total. The zero-order chi connectivity index (χ0) is 16.7. The van der Waals surface area contributed by atoms with Crippen LogP contribution in [0.15, 0.2) is 28.8 Å². The van der Waals surface area contributed by atoms with Gasteiger partial charge in [-0.15, -0.1) is 0 Å². The summed E-state index contributed by atoms with van der Waals surface area (Å²) in [6.45, 7) is 7.43. The average molecular weight is 336 g/mol. The molecule has 1 saturated heterocycles. The van der Waals surface area contributed by atoms with Gasteiger partial charge in [-0.2, -0.15) is 4.98 Å². The van der Waals surface area contributed by atoms with E-state index in [1.807, 2.05) is 49.9 Å². The second kappa shape index (κ2) is 5.80. The van der Waals surface area contributed by atoms with Crippen LogP contribution in [0, 0.1) is 0 Å². The number of anilines is 1. The maximum Gasteiger partial charge on any atom is 0.266 e. The molecule has 2 aromatic rings. The molecule has 2 heterocycles. The molecule has 1 aromatic heterocycles. The fourth-order valence-electron chi connectivity index (χ4n) is 2.83. The lowest BCUT2D eigenvalue weighted by atomic mass is 9.84. The van der Waals surface area contributed by atoms with Gasteiger partial charge in [0.2, 0.25) is 5.89 Å². The minimum atomic E-state index is -0.897. The Hall–Kier alpha value is -1.59. The number of nitrogens with zero attached hydrogens (tertiary/aromatic N) is 3. The molecule has 23 heavy (non-hydrogen) atoms. The molecule has 0 radical (unpaired) electrons. The number of hydrogen-bond acceptors (Lipinski definition) is 5. The maximum absolute atomic E-state index is 10.9. The number of aromatic nitrogens is 2. The van der Waals surface area contributed by atoms with Crippen LogP contribution in [0.25, 0.3) is 0 Å². The minimum Gasteiger partial charge on any atom is -0.385 e. The van der Waals surface area contributed by atoms with Crippen molar-refractivity contribution >= 4 is 17.5 Å². The quantitative estimate of drug-likeness (QED) is 0.910. The van der Waals surface area contributed by atoms with Crippen LogP contribution < -0.4 is 4.90 Å². The maximum atomic E-state index is 10.9. The van der Waals surface area contributed by atoms with Gasteiger partial charge >= 0.3 is 0 Å². The number of hydrogen-bond donors (Lipinski definition) is 1. The van der Waals surface area contributed by atoms with Crippen molar-refractivity contribution in [3.63, 3.8) is 0 Å². The molecule has 0 atom stereocenters. The van der Waals surface area contributed by atoms with E-state index in [9.17, 15) is 5.11 Å². The van der Waals surface area contributed by atoms with Gasteiger partial charge in [-0.1, -0.05) is 50.6 Å². The highest BCUT2D eigenvalue weighted by Gasteiger charge is 2.36. The Morgan fingerprint density at radius 1 is 1.22 bits per heavy atom. The first-order valence-electron chi connectivity index (χ1n) is 7.86. The molecule has 3 rings (SSSR count). The van der Waals surface area contributed by atoms with Crippen LogP contribution in [0.4, 0.5) is 5.95 Å². The number of benzene rings is 1. The highest BCUT2D eigenvalue weighted by atomic mass is 35.5. The van der Waals surface area contributed by atoms with Gasteiger partial charge in [0.25, 0.3) is 5.95 Å². The predicted octanol–water partition coefficient (Wildman–Crippen LogP) is 3.51. The molecule has 0 unspecified atom stereocenters. The summed E-state index contributed by atoms with van der Waals surface area (Å²) in [7, 11) is 0. The molecule has 0 aliphatic carbocycles. The minimum absolute atomic E-state index is 0.167. The standard InChI is InChI=1S/C17H22ClN3O2/c1-16(2,3)14-19-15(20-23-14)21-10-8-17(22,9-11-21)12-6-4-5-7-13(12)18/h4-7,22H,8-11H2,1-3H3. The summed E-state index contributed by atoms with van der Waals surface area (Å²) in [5.74, 6) is 1.22. The van der Waals surface area contributed by atoms with Crippen molar-refractivity contribution < 1.29 is 9.63 Å². The van der Waals surface area contributed by atoms with Crippen LogP contribution in [0.3, 0.4) is 0 Å². The van der Waals surface area contributed by atoms with Gasteiger partial charge in [0.15, 0.2) is 0 Å². The van der Waals surface area contributed by atoms with Gasteiger partial charge in [-0.05, 0) is 24.1 Å². The molecule has 1 aromatic carbocycles. The van der Waals surface area contributed by atoms with Gasteiger partial charge in [0.1, 0.15) is 0 Å². The van der Waals surface area contributed by atoms with Crippen LogP contribution in [0.1, 0.15) is 45.1 Å². The van der Waals surface area contributed by atoms with Crippen molar-refractivity contribution in [2.24, 2.45) is 0 Å². The Morgan fingerprint density at radius 2 is 1.87 bits per heavy atom. The molecular weight excluding hydrogens is 314 g/mol. The fraction of sp³-hybridized carbons (Fsp3) is 0.529. The van der Waals surface area contributed by atoms with E-state index < -0.39 is 5.60 Å². The second-order valence-corrected chi connectivity index (χ2v) is 7.56. The van der Waals surface area contributed by atoms with E-state index in [4.69, 9.17) is 16.1 Å². The molecule has 6 heteroatoms. The van der Waals surface area contributed by atoms with Crippen molar-refractivity contribution in [3.05, 3.63) is 40.7 Å². The topological polar surface area (TPSA) is 62.4 Å². The highest BCUT2D eigenvalue weighted by Crippen LogP contribution is 2.37. The molecule has 1 aliphatic rings. The zero-order valence-electron chi connectivity index (χ0n) is 13.7. The summed E-state index contributed by atoms with van der Waals surface area (Å²) in [5, 5.41) is 15.6. The predicted molar refractivity (Wildman–Crippen MR) is 89.8 cm³/mol. The van der Waals surface area contributed by atoms with Gasteiger partial charge in [0, 0.05) is 29.1 Å². The van der Waals surface area contributed by atoms with Gasteiger partial charge in [-0.3, -0.25) is 0 Å². The highest BCUT2D eigenvalue weighted by molar-refractivity contribution is 6.31. The molecule has 1 aliphatic heterocycles. The van der Waals surface area contributed by atoms with E-state index in [1.54, 1.807) is 0 Å². The number of rotatable bonds is 2. The molecule has 0 spiro atoms. The summed E-state index contributed by atoms with van der Waals surface area (Å²) in [5.41, 5.74) is -0.269. The Bertz CT molecular complexity index is 685. The third-order valence-electron chi connectivity index (χ3n) is 4.31. The number of halogens is 1. The molecule has 0 bridgehead atoms. The van der Waals surface area contributed by atoms with Crippen molar-refractivity contribution in [3.8, 4) is 0 Å². The monoisotopic (exact) mass is 335 g/mol. The number of aliphatic hydroxyl groups is 1. The Kier molecular flexibility index (Phi) is 4.10. The summed E-state index contributed by atoms with van der Waals surface area (Å²) < 4.78 is 5.35. The third kappa shape index (κ3) is 3.21. The Morgan fingerprint density at radius 3 is 2.43 bits per heavy atom. The Labute approximate surface area is 141 Å². The van der Waals surface area contributed by atoms with Crippen LogP contribution in [-0.2, 0) is 11.0 Å². The van der Waals surface area contributed by atoms with Crippen LogP contribution in [-0.4, -0.2) is 28.3 Å². The smallest absolute Gasteiger partial charge is 0.266 e. The molecule has 0 saturated carbocycles. The van der Waals surface area contributed by atoms with Gasteiger partial charge in [-0.25, -0.2) is 0 Å². The van der Waals surface area contributed by atoms with E-state index in [0.717, 1.165) is 5.56 Å². The third-order valence-corrected chi connectivity index (χ3v) is 4.64. The molecule has 0 amide bonds. The van der Waals surface area contributed by atoms with Crippen molar-refractivity contribution in [2.45, 2.75) is 44.6 Å².